The highest BCUT2D eigenvalue weighted by Gasteiger charge is 2.26. The second kappa shape index (κ2) is 6.06. The minimum atomic E-state index is 0.179. The summed E-state index contributed by atoms with van der Waals surface area (Å²) >= 11 is 4.93. The van der Waals surface area contributed by atoms with E-state index in [1.165, 1.54) is 6.42 Å². The van der Waals surface area contributed by atoms with Crippen molar-refractivity contribution in [3.63, 3.8) is 0 Å². The van der Waals surface area contributed by atoms with Crippen LogP contribution >= 0.6 is 12.2 Å². The predicted octanol–water partition coefficient (Wildman–Crippen LogP) is 0.852. The van der Waals surface area contributed by atoms with E-state index in [4.69, 9.17) is 23.1 Å². The lowest BCUT2D eigenvalue weighted by molar-refractivity contribution is 0.282. The summed E-state index contributed by atoms with van der Waals surface area (Å²) < 4.78 is 0. The molecular weight excluding hydrogens is 248 g/mol. The lowest BCUT2D eigenvalue weighted by Gasteiger charge is -2.37. The molecule has 1 heterocycles. The first-order valence-electron chi connectivity index (χ1n) is 6.22. The van der Waals surface area contributed by atoms with Crippen molar-refractivity contribution in [2.75, 3.05) is 18.1 Å². The topological polar surface area (TPSA) is 75.3 Å². The lowest BCUT2D eigenvalue weighted by Crippen LogP contribution is -2.42. The number of aromatic nitrogens is 2. The van der Waals surface area contributed by atoms with Gasteiger partial charge in [0, 0.05) is 25.4 Å². The van der Waals surface area contributed by atoms with Gasteiger partial charge < -0.3 is 15.7 Å². The molecule has 0 saturated heterocycles. The van der Waals surface area contributed by atoms with Gasteiger partial charge in [0.15, 0.2) is 0 Å². The highest BCUT2D eigenvalue weighted by Crippen LogP contribution is 2.27. The SMILES string of the molecule is NC(=S)c1ccnc(N(CCCO)C2CCC2)n1. The van der Waals surface area contributed by atoms with Crippen molar-refractivity contribution >= 4 is 23.2 Å². The van der Waals surface area contributed by atoms with Crippen LogP contribution in [0.4, 0.5) is 5.95 Å². The number of thiocarbonyl (C=S) groups is 1. The van der Waals surface area contributed by atoms with Crippen LogP contribution in [0.1, 0.15) is 31.4 Å². The molecule has 0 aliphatic heterocycles. The molecule has 0 radical (unpaired) electrons. The van der Waals surface area contributed by atoms with E-state index >= 15 is 0 Å². The molecule has 1 aliphatic carbocycles. The van der Waals surface area contributed by atoms with Crippen LogP contribution in [0, 0.1) is 0 Å². The van der Waals surface area contributed by atoms with E-state index in [9.17, 15) is 0 Å². The Balaban J connectivity index is 2.17. The van der Waals surface area contributed by atoms with Gasteiger partial charge in [-0.15, -0.1) is 0 Å². The van der Waals surface area contributed by atoms with Gasteiger partial charge in [-0.1, -0.05) is 12.2 Å². The van der Waals surface area contributed by atoms with Gasteiger partial charge in [-0.3, -0.25) is 0 Å². The molecular formula is C12H18N4OS. The molecule has 1 fully saturated rings. The lowest BCUT2D eigenvalue weighted by atomic mass is 9.91. The monoisotopic (exact) mass is 266 g/mol. The van der Waals surface area contributed by atoms with E-state index in [-0.39, 0.29) is 11.6 Å². The van der Waals surface area contributed by atoms with Crippen molar-refractivity contribution in [2.45, 2.75) is 31.7 Å². The van der Waals surface area contributed by atoms with Gasteiger partial charge in [0.25, 0.3) is 0 Å². The van der Waals surface area contributed by atoms with Gasteiger partial charge in [-0.05, 0) is 31.7 Å². The highest BCUT2D eigenvalue weighted by molar-refractivity contribution is 7.80. The van der Waals surface area contributed by atoms with Gasteiger partial charge in [-0.2, -0.15) is 0 Å². The Kier molecular flexibility index (Phi) is 4.43. The van der Waals surface area contributed by atoms with Crippen LogP contribution in [-0.4, -0.2) is 39.3 Å². The summed E-state index contributed by atoms with van der Waals surface area (Å²) in [5.41, 5.74) is 6.19. The molecule has 2 rings (SSSR count). The van der Waals surface area contributed by atoms with Crippen LogP contribution in [0.15, 0.2) is 12.3 Å². The third-order valence-corrected chi connectivity index (χ3v) is 3.43. The van der Waals surface area contributed by atoms with E-state index in [0.717, 1.165) is 25.8 Å². The van der Waals surface area contributed by atoms with Crippen molar-refractivity contribution in [1.29, 1.82) is 0 Å². The Morgan fingerprint density at radius 3 is 2.89 bits per heavy atom. The zero-order valence-electron chi connectivity index (χ0n) is 10.2. The third-order valence-electron chi connectivity index (χ3n) is 3.22. The maximum absolute atomic E-state index is 8.97. The summed E-state index contributed by atoms with van der Waals surface area (Å²) in [6, 6.07) is 2.20. The quantitative estimate of drug-likeness (QED) is 0.744. The minimum Gasteiger partial charge on any atom is -0.396 e. The molecule has 1 aromatic heterocycles. The van der Waals surface area contributed by atoms with Crippen molar-refractivity contribution in [1.82, 2.24) is 9.97 Å². The number of hydrogen-bond donors (Lipinski definition) is 2. The maximum Gasteiger partial charge on any atom is 0.226 e. The number of nitrogens with two attached hydrogens (primary N) is 1. The molecule has 0 atom stereocenters. The van der Waals surface area contributed by atoms with Crippen molar-refractivity contribution in [2.24, 2.45) is 5.73 Å². The highest BCUT2D eigenvalue weighted by atomic mass is 32.1. The van der Waals surface area contributed by atoms with Gasteiger partial charge in [-0.25, -0.2) is 9.97 Å². The Morgan fingerprint density at radius 2 is 2.33 bits per heavy atom. The Bertz CT molecular complexity index is 422. The smallest absolute Gasteiger partial charge is 0.226 e. The Labute approximate surface area is 112 Å². The van der Waals surface area contributed by atoms with Crippen LogP contribution in [0.2, 0.25) is 0 Å². The molecule has 3 N–H and O–H groups in total. The number of nitrogens with zero attached hydrogens (tertiary/aromatic N) is 3. The second-order valence-corrected chi connectivity index (χ2v) is 4.90. The maximum atomic E-state index is 8.97. The van der Waals surface area contributed by atoms with E-state index < -0.39 is 0 Å². The molecule has 1 aliphatic rings. The summed E-state index contributed by atoms with van der Waals surface area (Å²) in [7, 11) is 0. The normalized spacial score (nSPS) is 15.2. The van der Waals surface area contributed by atoms with Crippen LogP contribution in [0.5, 0.6) is 0 Å². The van der Waals surface area contributed by atoms with Crippen LogP contribution in [0.3, 0.4) is 0 Å². The number of aliphatic hydroxyl groups excluding tert-OH is 1. The number of rotatable bonds is 6. The van der Waals surface area contributed by atoms with E-state index in [1.54, 1.807) is 12.3 Å². The second-order valence-electron chi connectivity index (χ2n) is 4.46. The first-order valence-corrected chi connectivity index (χ1v) is 6.63. The molecule has 1 saturated carbocycles. The molecule has 5 nitrogen and oxygen atoms in total. The van der Waals surface area contributed by atoms with E-state index in [2.05, 4.69) is 14.9 Å². The molecule has 0 unspecified atom stereocenters. The van der Waals surface area contributed by atoms with Crippen LogP contribution in [0.25, 0.3) is 0 Å². The average molecular weight is 266 g/mol. The fourth-order valence-corrected chi connectivity index (χ4v) is 2.12. The Morgan fingerprint density at radius 1 is 1.56 bits per heavy atom. The molecule has 18 heavy (non-hydrogen) atoms. The molecule has 98 valence electrons. The summed E-state index contributed by atoms with van der Waals surface area (Å²) in [5, 5.41) is 8.97. The average Bonchev–Trinajstić information content (AvgIpc) is 2.32. The summed E-state index contributed by atoms with van der Waals surface area (Å²) in [6.07, 6.45) is 5.96. The summed E-state index contributed by atoms with van der Waals surface area (Å²) in [4.78, 5) is 11.1. The van der Waals surface area contributed by atoms with Gasteiger partial charge in [0.05, 0.1) is 0 Å². The fraction of sp³-hybridized carbons (Fsp3) is 0.583. The van der Waals surface area contributed by atoms with Gasteiger partial charge >= 0.3 is 0 Å². The molecule has 0 aromatic carbocycles. The number of anilines is 1. The molecule has 6 heteroatoms. The van der Waals surface area contributed by atoms with E-state index in [0.29, 0.717) is 17.7 Å². The molecule has 0 amide bonds. The van der Waals surface area contributed by atoms with E-state index in [1.807, 2.05) is 0 Å². The predicted molar refractivity (Wildman–Crippen MR) is 74.6 cm³/mol. The van der Waals surface area contributed by atoms with Crippen molar-refractivity contribution in [3.8, 4) is 0 Å². The molecule has 0 spiro atoms. The number of aliphatic hydroxyl groups is 1. The largest absolute Gasteiger partial charge is 0.396 e. The number of hydrogen-bond acceptors (Lipinski definition) is 5. The first-order chi connectivity index (χ1) is 8.72. The van der Waals surface area contributed by atoms with Gasteiger partial charge in [0.2, 0.25) is 5.95 Å². The third kappa shape index (κ3) is 2.94. The zero-order valence-corrected chi connectivity index (χ0v) is 11.1. The summed E-state index contributed by atoms with van der Waals surface area (Å²) in [5.74, 6) is 0.665. The minimum absolute atomic E-state index is 0.179. The standard InChI is InChI=1S/C12H18N4OS/c13-11(18)10-5-6-14-12(15-10)16(7-2-8-17)9-3-1-4-9/h5-6,9,17H,1-4,7-8H2,(H2,13,18). The molecule has 0 bridgehead atoms. The van der Waals surface area contributed by atoms with Gasteiger partial charge in [0.1, 0.15) is 10.7 Å². The zero-order chi connectivity index (χ0) is 13.0. The van der Waals surface area contributed by atoms with Crippen LogP contribution in [-0.2, 0) is 0 Å². The van der Waals surface area contributed by atoms with Crippen molar-refractivity contribution < 1.29 is 5.11 Å². The fourth-order valence-electron chi connectivity index (χ4n) is 2.01. The first kappa shape index (κ1) is 13.2. The molecule has 1 aromatic rings. The summed E-state index contributed by atoms with van der Waals surface area (Å²) in [6.45, 7) is 0.945. The van der Waals surface area contributed by atoms with Crippen LogP contribution < -0.4 is 10.6 Å². The van der Waals surface area contributed by atoms with Crippen molar-refractivity contribution in [3.05, 3.63) is 18.0 Å². The Hall–Kier alpha value is -1.27.